The monoisotopic (exact) mass is 379 g/mol. The molecule has 2 aliphatic rings. The van der Waals surface area contributed by atoms with E-state index in [-0.39, 0.29) is 24.0 Å². The fourth-order valence-electron chi connectivity index (χ4n) is 3.91. The fourth-order valence-corrected chi connectivity index (χ4v) is 4.60. The van der Waals surface area contributed by atoms with Crippen LogP contribution in [0.5, 0.6) is 0 Å². The molecule has 3 heterocycles. The summed E-state index contributed by atoms with van der Waals surface area (Å²) in [5.41, 5.74) is -0.481. The van der Waals surface area contributed by atoms with Crippen molar-refractivity contribution in [1.29, 1.82) is 0 Å². The molecule has 0 saturated carbocycles. The lowest BCUT2D eigenvalue weighted by atomic mass is 9.77. The minimum atomic E-state index is -0.481. The molecule has 2 aliphatic heterocycles. The summed E-state index contributed by atoms with van der Waals surface area (Å²) in [6.45, 7) is 11.6. The second-order valence-electron chi connectivity index (χ2n) is 8.29. The van der Waals surface area contributed by atoms with Gasteiger partial charge in [-0.3, -0.25) is 0 Å². The molecule has 1 saturated heterocycles. The van der Waals surface area contributed by atoms with Gasteiger partial charge < -0.3 is 9.64 Å². The van der Waals surface area contributed by atoms with Crippen molar-refractivity contribution < 1.29 is 9.53 Å². The van der Waals surface area contributed by atoms with Crippen molar-refractivity contribution in [3.8, 4) is 0 Å². The van der Waals surface area contributed by atoms with Crippen LogP contribution in [0.1, 0.15) is 47.1 Å². The van der Waals surface area contributed by atoms with E-state index in [9.17, 15) is 4.79 Å². The number of hydrogen-bond acceptors (Lipinski definition) is 6. The van der Waals surface area contributed by atoms with Gasteiger partial charge >= 0.3 is 6.09 Å². The molecule has 1 aromatic heterocycles. The molecule has 7 nitrogen and oxygen atoms in total. The first kappa shape index (κ1) is 19.2. The zero-order valence-corrected chi connectivity index (χ0v) is 17.3. The molecule has 0 bridgehead atoms. The second-order valence-corrected chi connectivity index (χ2v) is 9.12. The molecule has 0 aromatic carbocycles. The van der Waals surface area contributed by atoms with Gasteiger partial charge in [-0.15, -0.1) is 11.8 Å². The van der Waals surface area contributed by atoms with Crippen molar-refractivity contribution in [1.82, 2.24) is 19.7 Å². The summed E-state index contributed by atoms with van der Waals surface area (Å²) in [4.78, 5) is 23.4. The Morgan fingerprint density at radius 3 is 2.73 bits per heavy atom. The summed E-state index contributed by atoms with van der Waals surface area (Å²) in [6.07, 6.45) is 4.36. The molecule has 8 heteroatoms. The van der Waals surface area contributed by atoms with E-state index in [1.165, 1.54) is 0 Å². The molecule has 4 unspecified atom stereocenters. The molecule has 144 valence electrons. The highest BCUT2D eigenvalue weighted by atomic mass is 32.2. The minimum absolute atomic E-state index is 0.146. The van der Waals surface area contributed by atoms with Crippen LogP contribution in [0.3, 0.4) is 0 Å². The molecular formula is C18H29N5O2S. The van der Waals surface area contributed by atoms with Gasteiger partial charge in [0.25, 0.3) is 0 Å². The van der Waals surface area contributed by atoms with Crippen LogP contribution in [0.15, 0.2) is 11.3 Å². The highest BCUT2D eigenvalue weighted by molar-refractivity contribution is 8.13. The van der Waals surface area contributed by atoms with Gasteiger partial charge in [0.15, 0.2) is 0 Å². The van der Waals surface area contributed by atoms with Crippen molar-refractivity contribution >= 4 is 28.8 Å². The molecule has 0 N–H and O–H groups in total. The fraction of sp³-hybridized carbons (Fsp3) is 0.778. The summed E-state index contributed by atoms with van der Waals surface area (Å²) in [7, 11) is 0. The number of aliphatic imine (C=N–C) groups is 1. The lowest BCUT2D eigenvalue weighted by molar-refractivity contribution is 0.00367. The van der Waals surface area contributed by atoms with Gasteiger partial charge in [-0.25, -0.2) is 14.5 Å². The van der Waals surface area contributed by atoms with Crippen LogP contribution in [-0.2, 0) is 4.74 Å². The standard InChI is InChI=1S/C18H29N5O2S/c1-11-7-8-22(17(24)25-18(3,4)5)9-13(11)14-12(2)15(26-6)21-16-19-10-20-23(14)16/h10-14H,7-9H2,1-6H3. The molecule has 1 aromatic rings. The van der Waals surface area contributed by atoms with Gasteiger partial charge in [0.2, 0.25) is 5.95 Å². The van der Waals surface area contributed by atoms with E-state index in [0.717, 1.165) is 18.0 Å². The first-order valence-electron chi connectivity index (χ1n) is 9.21. The maximum Gasteiger partial charge on any atom is 0.410 e. The number of thioether (sulfide) groups is 1. The third-order valence-corrected chi connectivity index (χ3v) is 6.15. The highest BCUT2D eigenvalue weighted by Crippen LogP contribution is 2.42. The Labute approximate surface area is 159 Å². The molecule has 26 heavy (non-hydrogen) atoms. The van der Waals surface area contributed by atoms with E-state index in [0.29, 0.717) is 18.4 Å². The lowest BCUT2D eigenvalue weighted by Crippen LogP contribution is -2.49. The Bertz CT molecular complexity index is 696. The van der Waals surface area contributed by atoms with Crippen LogP contribution in [0.2, 0.25) is 0 Å². The number of ether oxygens (including phenoxy) is 1. The minimum Gasteiger partial charge on any atom is -0.444 e. The first-order chi connectivity index (χ1) is 12.2. The average Bonchev–Trinajstić information content (AvgIpc) is 3.01. The van der Waals surface area contributed by atoms with Crippen molar-refractivity contribution in [2.75, 3.05) is 19.3 Å². The molecule has 1 fully saturated rings. The summed E-state index contributed by atoms with van der Waals surface area (Å²) in [5, 5.41) is 5.53. The first-order valence-corrected chi connectivity index (χ1v) is 10.4. The second kappa shape index (κ2) is 7.21. The molecule has 0 aliphatic carbocycles. The average molecular weight is 380 g/mol. The Morgan fingerprint density at radius 1 is 1.35 bits per heavy atom. The maximum absolute atomic E-state index is 12.6. The molecule has 4 atom stereocenters. The van der Waals surface area contributed by atoms with Gasteiger partial charge in [0.1, 0.15) is 11.9 Å². The van der Waals surface area contributed by atoms with Crippen LogP contribution in [-0.4, -0.2) is 55.7 Å². The Morgan fingerprint density at radius 2 is 2.08 bits per heavy atom. The van der Waals surface area contributed by atoms with Crippen molar-refractivity contribution in [2.24, 2.45) is 22.7 Å². The van der Waals surface area contributed by atoms with Gasteiger partial charge in [-0.2, -0.15) is 10.1 Å². The van der Waals surface area contributed by atoms with Crippen molar-refractivity contribution in [3.05, 3.63) is 6.33 Å². The Kier molecular flexibility index (Phi) is 5.33. The Balaban J connectivity index is 1.85. The molecular weight excluding hydrogens is 350 g/mol. The Hall–Kier alpha value is -1.57. The summed E-state index contributed by atoms with van der Waals surface area (Å²) >= 11 is 1.67. The van der Waals surface area contributed by atoms with Crippen LogP contribution < -0.4 is 0 Å². The molecule has 3 rings (SSSR count). The predicted molar refractivity (Wildman–Crippen MR) is 104 cm³/mol. The number of hydrogen-bond donors (Lipinski definition) is 0. The van der Waals surface area contributed by atoms with Gasteiger partial charge in [-0.1, -0.05) is 13.8 Å². The third kappa shape index (κ3) is 3.75. The van der Waals surface area contributed by atoms with Gasteiger partial charge in [-0.05, 0) is 39.4 Å². The lowest BCUT2D eigenvalue weighted by Gasteiger charge is -2.43. The van der Waals surface area contributed by atoms with Crippen LogP contribution in [0.4, 0.5) is 10.7 Å². The topological polar surface area (TPSA) is 72.6 Å². The molecule has 1 amide bonds. The van der Waals surface area contributed by atoms with Gasteiger partial charge in [0, 0.05) is 24.9 Å². The normalized spacial score (nSPS) is 29.2. The van der Waals surface area contributed by atoms with E-state index in [2.05, 4.69) is 35.2 Å². The molecule has 0 radical (unpaired) electrons. The number of likely N-dealkylation sites (tertiary alicyclic amines) is 1. The van der Waals surface area contributed by atoms with Crippen molar-refractivity contribution in [2.45, 2.75) is 52.7 Å². The van der Waals surface area contributed by atoms with E-state index >= 15 is 0 Å². The predicted octanol–water partition coefficient (Wildman–Crippen LogP) is 3.76. The number of amides is 1. The number of aromatic nitrogens is 3. The number of rotatable bonds is 1. The van der Waals surface area contributed by atoms with E-state index in [1.807, 2.05) is 30.4 Å². The zero-order chi connectivity index (χ0) is 19.1. The van der Waals surface area contributed by atoms with Crippen LogP contribution in [0, 0.1) is 17.8 Å². The maximum atomic E-state index is 12.6. The summed E-state index contributed by atoms with van der Waals surface area (Å²) in [5.74, 6) is 1.67. The SMILES string of the molecule is CSC1=Nc2ncnn2C(C2CN(C(=O)OC(C)(C)C)CCC2C)C1C. The number of carbonyl (C=O) groups excluding carboxylic acids is 1. The van der Waals surface area contributed by atoms with Crippen molar-refractivity contribution in [3.63, 3.8) is 0 Å². The summed E-state index contributed by atoms with van der Waals surface area (Å²) in [6, 6.07) is 0.146. The van der Waals surface area contributed by atoms with Gasteiger partial charge in [0.05, 0.1) is 11.1 Å². The number of nitrogens with zero attached hydrogens (tertiary/aromatic N) is 5. The largest absolute Gasteiger partial charge is 0.444 e. The van der Waals surface area contributed by atoms with Crippen LogP contribution >= 0.6 is 11.8 Å². The quantitative estimate of drug-likeness (QED) is 0.743. The summed E-state index contributed by atoms with van der Waals surface area (Å²) < 4.78 is 7.54. The third-order valence-electron chi connectivity index (χ3n) is 5.26. The number of piperidine rings is 1. The number of carbonyl (C=O) groups is 1. The van der Waals surface area contributed by atoms with E-state index in [4.69, 9.17) is 4.74 Å². The van der Waals surface area contributed by atoms with E-state index < -0.39 is 5.60 Å². The smallest absolute Gasteiger partial charge is 0.410 e. The zero-order valence-electron chi connectivity index (χ0n) is 16.5. The van der Waals surface area contributed by atoms with E-state index in [1.54, 1.807) is 18.1 Å². The number of fused-ring (bicyclic) bond motifs is 1. The molecule has 0 spiro atoms. The van der Waals surface area contributed by atoms with Crippen LogP contribution in [0.25, 0.3) is 0 Å². The highest BCUT2D eigenvalue weighted by Gasteiger charge is 2.42.